The summed E-state index contributed by atoms with van der Waals surface area (Å²) in [6.07, 6.45) is 1.89. The van der Waals surface area contributed by atoms with E-state index in [-0.39, 0.29) is 21.1 Å². The molecule has 214 valence electrons. The molecule has 0 aliphatic carbocycles. The second-order valence-corrected chi connectivity index (χ2v) is 15.7. The first-order valence-electron chi connectivity index (χ1n) is 15.4. The zero-order chi connectivity index (χ0) is 30.8. The van der Waals surface area contributed by atoms with E-state index in [1.54, 1.807) is 11.1 Å². The molecule has 0 radical (unpaired) electrons. The molecular weight excluding hydrogens is 716 g/mol. The minimum Gasteiger partial charge on any atom is -0.319 e. The Bertz CT molecular complexity index is 2040. The predicted octanol–water partition coefficient (Wildman–Crippen LogP) is 7.15. The van der Waals surface area contributed by atoms with Gasteiger partial charge in [0.05, 0.1) is 19.2 Å². The van der Waals surface area contributed by atoms with E-state index in [0.717, 1.165) is 37.7 Å². The van der Waals surface area contributed by atoms with Gasteiger partial charge in [0.25, 0.3) is 0 Å². The number of hydrogen-bond acceptors (Lipinski definition) is 3. The number of anilines is 3. The molecule has 5 nitrogen and oxygen atoms in total. The van der Waals surface area contributed by atoms with E-state index in [9.17, 15) is 0 Å². The summed E-state index contributed by atoms with van der Waals surface area (Å²) in [7, 11) is -2.34. The number of para-hydroxylation sites is 3. The average molecular weight is 752 g/mol. The first-order valence-corrected chi connectivity index (χ1v) is 16.9. The molecule has 0 unspecified atom stereocenters. The molecule has 1 N–H and O–H groups in total. The summed E-state index contributed by atoms with van der Waals surface area (Å²) in [5.74, 6) is 1.27. The fraction of sp³-hybridized carbons (Fsp3) is 0.171. The van der Waals surface area contributed by atoms with E-state index in [0.29, 0.717) is 23.0 Å². The van der Waals surface area contributed by atoms with Crippen LogP contribution in [0, 0.1) is 12.1 Å². The summed E-state index contributed by atoms with van der Waals surface area (Å²) < 4.78 is 26.3. The Hall–Kier alpha value is -3.70. The molecule has 0 spiro atoms. The van der Waals surface area contributed by atoms with Crippen molar-refractivity contribution in [2.75, 3.05) is 17.1 Å². The van der Waals surface area contributed by atoms with Crippen LogP contribution in [-0.4, -0.2) is 29.5 Å². The van der Waals surface area contributed by atoms with Crippen molar-refractivity contribution < 1.29 is 30.1 Å². The van der Waals surface area contributed by atoms with E-state index < -0.39 is 15.0 Å². The molecule has 0 amide bonds. The first kappa shape index (κ1) is 24.9. The molecule has 6 aromatic rings. The second-order valence-electron chi connectivity index (χ2n) is 11.4. The van der Waals surface area contributed by atoms with Gasteiger partial charge in [-0.15, -0.1) is 21.6 Å². The van der Waals surface area contributed by atoms with Crippen LogP contribution in [0.4, 0.5) is 17.1 Å². The number of nitrogens with zero attached hydrogens (tertiary/aromatic N) is 4. The Balaban J connectivity index is 0.00000357. The summed E-state index contributed by atoms with van der Waals surface area (Å²) in [5, 5.41) is 7.31. The Labute approximate surface area is 266 Å². The third-order valence-corrected chi connectivity index (χ3v) is 11.4. The monoisotopic (exact) mass is 751 g/mol. The van der Waals surface area contributed by atoms with E-state index >= 15 is 0 Å². The van der Waals surface area contributed by atoms with Gasteiger partial charge in [-0.1, -0.05) is 62.8 Å². The predicted molar refractivity (Wildman–Crippen MR) is 172 cm³/mol. The third-order valence-electron chi connectivity index (χ3n) is 8.12. The van der Waals surface area contributed by atoms with Crippen molar-refractivity contribution in [3.05, 3.63) is 115 Å². The van der Waals surface area contributed by atoms with Crippen molar-refractivity contribution in [2.24, 2.45) is 0 Å². The van der Waals surface area contributed by atoms with Crippen molar-refractivity contribution in [2.45, 2.75) is 32.9 Å². The molecule has 3 heterocycles. The second kappa shape index (κ2) is 10.8. The zero-order valence-corrected chi connectivity index (χ0v) is 27.1. The van der Waals surface area contributed by atoms with Crippen LogP contribution in [0.15, 0.2) is 97.2 Å². The molecule has 0 saturated carbocycles. The quantitative estimate of drug-likeness (QED) is 0.107. The van der Waals surface area contributed by atoms with Crippen LogP contribution < -0.4 is 20.5 Å². The van der Waals surface area contributed by atoms with Gasteiger partial charge in [-0.3, -0.25) is 0 Å². The molecule has 1 aliphatic heterocycles. The minimum absolute atomic E-state index is 0. The van der Waals surface area contributed by atoms with Gasteiger partial charge in [-0.2, -0.15) is 51.7 Å². The average Bonchev–Trinajstić information content (AvgIpc) is 3.58. The van der Waals surface area contributed by atoms with Crippen LogP contribution in [0.3, 0.4) is 0 Å². The molecular formula is C35H33N4OPtSi-. The molecule has 7 heteroatoms. The SMILES string of the molecule is [2H]C([2H])([2H])N1[OH+]N(c2[c-]c([Si](C)(C)c3[c-]c4c(cc3)c3ccccc3n4-c3cc(C(C)C)ccn3)ccc2)c2ccccc21.[Pt]. The number of hydroxylamine groups is 1. The van der Waals surface area contributed by atoms with Gasteiger partial charge in [-0.05, 0) is 47.2 Å². The van der Waals surface area contributed by atoms with Crippen molar-refractivity contribution in [1.29, 1.82) is 0 Å². The van der Waals surface area contributed by atoms with Crippen LogP contribution in [-0.2, 0) is 21.1 Å². The molecule has 42 heavy (non-hydrogen) atoms. The van der Waals surface area contributed by atoms with Gasteiger partial charge in [-0.25, -0.2) is 4.98 Å². The standard InChI is InChI=1S/C35H32N4OSi.Pt/c1-24(2)25-19-20-36-35(21-25)38-31-14-7-6-13-29(31)30-18-17-28(23-34(30)38)41(4,5)27-12-10-11-26(22-27)39-33-16-9-8-15-32(33)37(3)40-39;/h6-21,24H,1-5H3;/q-2;/p+1/i3D3;. The fourth-order valence-corrected chi connectivity index (χ4v) is 7.86. The zero-order valence-electron chi connectivity index (χ0n) is 26.9. The van der Waals surface area contributed by atoms with Crippen molar-refractivity contribution >= 4 is 57.3 Å². The van der Waals surface area contributed by atoms with Gasteiger partial charge >= 0.3 is 0 Å². The molecule has 0 atom stereocenters. The minimum atomic E-state index is -2.40. The number of rotatable bonds is 5. The van der Waals surface area contributed by atoms with Crippen LogP contribution in [0.1, 0.15) is 29.4 Å². The maximum Gasteiger partial charge on any atom is 0.145 e. The van der Waals surface area contributed by atoms with Crippen molar-refractivity contribution in [3.63, 3.8) is 0 Å². The number of hydrogen-bond donors (Lipinski definition) is 0. The van der Waals surface area contributed by atoms with Crippen LogP contribution in [0.25, 0.3) is 27.6 Å². The maximum absolute atomic E-state index is 8.01. The Morgan fingerprint density at radius 3 is 2.40 bits per heavy atom. The van der Waals surface area contributed by atoms with Crippen LogP contribution in [0.5, 0.6) is 0 Å². The smallest absolute Gasteiger partial charge is 0.145 e. The number of fused-ring (bicyclic) bond motifs is 4. The molecule has 2 aromatic heterocycles. The fourth-order valence-electron chi connectivity index (χ4n) is 5.69. The van der Waals surface area contributed by atoms with Gasteiger partial charge in [0.1, 0.15) is 17.2 Å². The van der Waals surface area contributed by atoms with E-state index in [2.05, 4.69) is 103 Å². The number of benzene rings is 4. The topological polar surface area (TPSA) is 37.1 Å². The largest absolute Gasteiger partial charge is 0.319 e. The molecule has 0 bridgehead atoms. The summed E-state index contributed by atoms with van der Waals surface area (Å²) in [6.45, 7) is 6.59. The van der Waals surface area contributed by atoms with Gasteiger partial charge in [0, 0.05) is 38.5 Å². The molecule has 1 aliphatic rings. The van der Waals surface area contributed by atoms with E-state index in [4.69, 9.17) is 9.10 Å². The molecule has 4 aromatic carbocycles. The van der Waals surface area contributed by atoms with Crippen LogP contribution in [0.2, 0.25) is 13.1 Å². The van der Waals surface area contributed by atoms with Gasteiger partial charge < -0.3 is 4.57 Å². The van der Waals surface area contributed by atoms with E-state index in [1.807, 2.05) is 36.5 Å². The summed E-state index contributed by atoms with van der Waals surface area (Å²) in [5.41, 5.74) is 5.31. The third kappa shape index (κ3) is 4.59. The van der Waals surface area contributed by atoms with Gasteiger partial charge in [0.15, 0.2) is 0 Å². The van der Waals surface area contributed by atoms with Crippen molar-refractivity contribution in [3.8, 4) is 5.82 Å². The summed E-state index contributed by atoms with van der Waals surface area (Å²) in [6, 6.07) is 38.0. The number of aromatic nitrogens is 2. The molecule has 0 saturated heterocycles. The van der Waals surface area contributed by atoms with Crippen LogP contribution >= 0.6 is 0 Å². The molecule has 7 rings (SSSR count). The summed E-state index contributed by atoms with van der Waals surface area (Å²) in [4.78, 5) is 9.29. The maximum atomic E-state index is 8.01. The van der Waals surface area contributed by atoms with E-state index in [1.165, 1.54) is 10.9 Å². The Morgan fingerprint density at radius 1 is 0.833 bits per heavy atom. The first-order chi connectivity index (χ1) is 21.0. The normalized spacial score (nSPS) is 14.5. The Kier molecular flexibility index (Phi) is 6.42. The molecule has 0 fully saturated rings. The summed E-state index contributed by atoms with van der Waals surface area (Å²) >= 11 is 0. The van der Waals surface area contributed by atoms with Gasteiger partial charge in [0.2, 0.25) is 0 Å². The Morgan fingerprint density at radius 2 is 1.60 bits per heavy atom. The van der Waals surface area contributed by atoms with Crippen molar-refractivity contribution in [1.82, 2.24) is 9.55 Å². The number of pyridine rings is 1.